The molecule has 1 aromatic rings. The molecule has 0 aliphatic rings. The van der Waals surface area contributed by atoms with Crippen LogP contribution in [0, 0.1) is 0 Å². The predicted molar refractivity (Wildman–Crippen MR) is 111 cm³/mol. The fraction of sp³-hybridized carbons (Fsp3) is 0.611. The van der Waals surface area contributed by atoms with E-state index >= 15 is 0 Å². The Labute approximate surface area is 163 Å². The molecule has 0 aromatic heterocycles. The van der Waals surface area contributed by atoms with E-state index in [-0.39, 0.29) is 30.1 Å². The first-order valence-corrected chi connectivity index (χ1v) is 8.49. The van der Waals surface area contributed by atoms with Gasteiger partial charge in [-0.1, -0.05) is 30.3 Å². The van der Waals surface area contributed by atoms with Gasteiger partial charge in [0.05, 0.1) is 6.54 Å². The first kappa shape index (κ1) is 23.1. The van der Waals surface area contributed by atoms with Crippen LogP contribution in [0.1, 0.15) is 38.4 Å². The topological polar surface area (TPSA) is 54.9 Å². The minimum Gasteiger partial charge on any atom is -0.382 e. The number of nitrogens with one attached hydrogen (secondary N) is 2. The van der Waals surface area contributed by atoms with Gasteiger partial charge >= 0.3 is 0 Å². The van der Waals surface area contributed by atoms with Gasteiger partial charge in [-0.15, -0.1) is 24.0 Å². The second kappa shape index (κ2) is 15.7. The molecule has 6 heteroatoms. The van der Waals surface area contributed by atoms with Crippen molar-refractivity contribution in [2.45, 2.75) is 32.8 Å². The van der Waals surface area contributed by atoms with Gasteiger partial charge in [-0.25, -0.2) is 0 Å². The van der Waals surface area contributed by atoms with Gasteiger partial charge in [0.25, 0.3) is 0 Å². The molecule has 1 unspecified atom stereocenters. The predicted octanol–water partition coefficient (Wildman–Crippen LogP) is 3.36. The lowest BCUT2D eigenvalue weighted by molar-refractivity contribution is 0.111. The summed E-state index contributed by atoms with van der Waals surface area (Å²) in [5.41, 5.74) is 1.14. The number of hydrogen-bond acceptors (Lipinski definition) is 3. The average molecular weight is 449 g/mol. The molecule has 1 rings (SSSR count). The van der Waals surface area contributed by atoms with Crippen LogP contribution >= 0.6 is 24.0 Å². The normalized spacial score (nSPS) is 12.4. The van der Waals surface area contributed by atoms with Gasteiger partial charge in [0, 0.05) is 33.4 Å². The monoisotopic (exact) mass is 449 g/mol. The average Bonchev–Trinajstić information content (AvgIpc) is 2.59. The lowest BCUT2D eigenvalue weighted by atomic mass is 10.1. The summed E-state index contributed by atoms with van der Waals surface area (Å²) < 4.78 is 10.9. The quantitative estimate of drug-likeness (QED) is 0.236. The Hall–Kier alpha value is -0.860. The molecule has 24 heavy (non-hydrogen) atoms. The summed E-state index contributed by atoms with van der Waals surface area (Å²) in [6.07, 6.45) is 2.10. The van der Waals surface area contributed by atoms with E-state index in [1.54, 1.807) is 7.11 Å². The van der Waals surface area contributed by atoms with Crippen LogP contribution in [0.4, 0.5) is 0 Å². The maximum absolute atomic E-state index is 5.56. The SMILES string of the molecule is CCNC(=NCC(OC)c1ccccc1)NCCCCOCC.I. The number of guanidine groups is 1. The molecule has 0 aliphatic carbocycles. The van der Waals surface area contributed by atoms with E-state index in [9.17, 15) is 0 Å². The molecule has 5 nitrogen and oxygen atoms in total. The van der Waals surface area contributed by atoms with E-state index in [0.717, 1.165) is 50.7 Å². The van der Waals surface area contributed by atoms with E-state index in [1.165, 1.54) is 0 Å². The van der Waals surface area contributed by atoms with Gasteiger partial charge in [-0.3, -0.25) is 4.99 Å². The van der Waals surface area contributed by atoms with Crippen molar-refractivity contribution < 1.29 is 9.47 Å². The largest absolute Gasteiger partial charge is 0.382 e. The Bertz CT molecular complexity index is 430. The van der Waals surface area contributed by atoms with Gasteiger partial charge in [-0.2, -0.15) is 0 Å². The zero-order valence-electron chi connectivity index (χ0n) is 15.1. The summed E-state index contributed by atoms with van der Waals surface area (Å²) in [7, 11) is 1.72. The van der Waals surface area contributed by atoms with Crippen LogP contribution in [-0.2, 0) is 9.47 Å². The van der Waals surface area contributed by atoms with Crippen molar-refractivity contribution in [2.75, 3.05) is 40.0 Å². The molecule has 0 aliphatic heterocycles. The van der Waals surface area contributed by atoms with Crippen LogP contribution in [0.15, 0.2) is 35.3 Å². The summed E-state index contributed by atoms with van der Waals surface area (Å²) in [6.45, 7) is 8.02. The first-order chi connectivity index (χ1) is 11.3. The molecule has 1 atom stereocenters. The number of hydrogen-bond donors (Lipinski definition) is 2. The maximum Gasteiger partial charge on any atom is 0.191 e. The van der Waals surface area contributed by atoms with Crippen molar-refractivity contribution in [3.8, 4) is 0 Å². The molecular weight excluding hydrogens is 417 g/mol. The first-order valence-electron chi connectivity index (χ1n) is 8.49. The molecule has 1 aromatic carbocycles. The minimum absolute atomic E-state index is 0. The Morgan fingerprint density at radius 2 is 1.88 bits per heavy atom. The Balaban J connectivity index is 0.00000529. The highest BCUT2D eigenvalue weighted by Crippen LogP contribution is 2.16. The molecule has 2 N–H and O–H groups in total. The van der Waals surface area contributed by atoms with E-state index in [1.807, 2.05) is 25.1 Å². The molecule has 0 radical (unpaired) electrons. The van der Waals surface area contributed by atoms with Crippen LogP contribution < -0.4 is 10.6 Å². The number of aliphatic imine (C=N–C) groups is 1. The summed E-state index contributed by atoms with van der Waals surface area (Å²) in [5.74, 6) is 0.835. The highest BCUT2D eigenvalue weighted by molar-refractivity contribution is 14.0. The summed E-state index contributed by atoms with van der Waals surface area (Å²) >= 11 is 0. The molecule has 0 spiro atoms. The molecule has 138 valence electrons. The van der Waals surface area contributed by atoms with Gasteiger partial charge in [0.2, 0.25) is 0 Å². The fourth-order valence-electron chi connectivity index (χ4n) is 2.18. The standard InChI is InChI=1S/C18H31N3O2.HI/c1-4-19-18(20-13-9-10-14-23-5-2)21-15-17(22-3)16-11-7-6-8-12-16;/h6-8,11-12,17H,4-5,9-10,13-15H2,1-3H3,(H2,19,20,21);1H. The third-order valence-corrected chi connectivity index (χ3v) is 3.43. The van der Waals surface area contributed by atoms with Crippen LogP contribution in [0.25, 0.3) is 0 Å². The van der Waals surface area contributed by atoms with Gasteiger partial charge in [0.15, 0.2) is 5.96 Å². The van der Waals surface area contributed by atoms with Crippen LogP contribution in [0.5, 0.6) is 0 Å². The molecule has 0 fully saturated rings. The maximum atomic E-state index is 5.56. The lowest BCUT2D eigenvalue weighted by Gasteiger charge is -2.16. The molecule has 0 saturated carbocycles. The Morgan fingerprint density at radius 1 is 1.12 bits per heavy atom. The molecular formula is C18H32IN3O2. The number of methoxy groups -OCH3 is 1. The van der Waals surface area contributed by atoms with Crippen molar-refractivity contribution in [3.05, 3.63) is 35.9 Å². The van der Waals surface area contributed by atoms with Crippen molar-refractivity contribution >= 4 is 29.9 Å². The van der Waals surface area contributed by atoms with E-state index < -0.39 is 0 Å². The molecule has 0 heterocycles. The third-order valence-electron chi connectivity index (χ3n) is 3.43. The lowest BCUT2D eigenvalue weighted by Crippen LogP contribution is -2.38. The number of nitrogens with zero attached hydrogens (tertiary/aromatic N) is 1. The van der Waals surface area contributed by atoms with Gasteiger partial charge < -0.3 is 20.1 Å². The minimum atomic E-state index is -0.0235. The number of ether oxygens (including phenoxy) is 2. The summed E-state index contributed by atoms with van der Waals surface area (Å²) in [4.78, 5) is 4.63. The third kappa shape index (κ3) is 10.1. The van der Waals surface area contributed by atoms with Gasteiger partial charge in [0.1, 0.15) is 6.10 Å². The number of halogens is 1. The number of unbranched alkanes of at least 4 members (excludes halogenated alkanes) is 1. The van der Waals surface area contributed by atoms with Crippen LogP contribution in [0.3, 0.4) is 0 Å². The zero-order chi connectivity index (χ0) is 16.8. The van der Waals surface area contributed by atoms with Crippen molar-refractivity contribution in [3.63, 3.8) is 0 Å². The molecule has 0 saturated heterocycles. The second-order valence-corrected chi connectivity index (χ2v) is 5.19. The fourth-order valence-corrected chi connectivity index (χ4v) is 2.18. The van der Waals surface area contributed by atoms with Crippen LogP contribution in [-0.4, -0.2) is 45.9 Å². The van der Waals surface area contributed by atoms with E-state index in [0.29, 0.717) is 6.54 Å². The molecule has 0 amide bonds. The van der Waals surface area contributed by atoms with Crippen LogP contribution in [0.2, 0.25) is 0 Å². The number of benzene rings is 1. The van der Waals surface area contributed by atoms with E-state index in [4.69, 9.17) is 9.47 Å². The number of rotatable bonds is 11. The van der Waals surface area contributed by atoms with Crippen molar-refractivity contribution in [2.24, 2.45) is 4.99 Å². The second-order valence-electron chi connectivity index (χ2n) is 5.19. The smallest absolute Gasteiger partial charge is 0.191 e. The zero-order valence-corrected chi connectivity index (χ0v) is 17.4. The highest BCUT2D eigenvalue weighted by atomic mass is 127. The molecule has 0 bridgehead atoms. The van der Waals surface area contributed by atoms with Gasteiger partial charge in [-0.05, 0) is 32.3 Å². The summed E-state index contributed by atoms with van der Waals surface area (Å²) in [6, 6.07) is 10.2. The highest BCUT2D eigenvalue weighted by Gasteiger charge is 2.09. The van der Waals surface area contributed by atoms with E-state index in [2.05, 4.69) is 34.7 Å². The Morgan fingerprint density at radius 3 is 2.50 bits per heavy atom. The Kier molecular flexibility index (Phi) is 15.1. The van der Waals surface area contributed by atoms with Crippen molar-refractivity contribution in [1.82, 2.24) is 10.6 Å². The van der Waals surface area contributed by atoms with Crippen molar-refractivity contribution in [1.29, 1.82) is 0 Å². The summed E-state index contributed by atoms with van der Waals surface area (Å²) in [5, 5.41) is 6.62.